The van der Waals surface area contributed by atoms with Crippen LogP contribution in [0.5, 0.6) is 0 Å². The lowest BCUT2D eigenvalue weighted by Crippen LogP contribution is -2.31. The van der Waals surface area contributed by atoms with Crippen LogP contribution in [0.15, 0.2) is 12.5 Å². The molecule has 1 heterocycles. The van der Waals surface area contributed by atoms with Crippen molar-refractivity contribution < 1.29 is 9.90 Å². The number of aromatic amines is 1. The van der Waals surface area contributed by atoms with Crippen molar-refractivity contribution in [3.63, 3.8) is 0 Å². The number of H-pyrrole nitrogens is 1. The van der Waals surface area contributed by atoms with Crippen LogP contribution in [-0.4, -0.2) is 39.2 Å². The molecule has 0 fully saturated rings. The lowest BCUT2D eigenvalue weighted by atomic mass is 10.5. The smallest absolute Gasteiger partial charge is 0.370 e. The maximum Gasteiger partial charge on any atom is 0.370 e. The predicted octanol–water partition coefficient (Wildman–Crippen LogP) is 0.294. The second-order valence-electron chi connectivity index (χ2n) is 2.72. The number of nitrogens with one attached hydrogen (secondary N) is 3. The summed E-state index contributed by atoms with van der Waals surface area (Å²) in [5.74, 6) is -0.170. The number of imidazole rings is 1. The molecule has 7 heteroatoms. The van der Waals surface area contributed by atoms with Gasteiger partial charge in [0.25, 0.3) is 0 Å². The molecule has 0 saturated heterocycles. The molecule has 4 N–H and O–H groups in total. The molecule has 6 nitrogen and oxygen atoms in total. The molecule has 0 aliphatic rings. The Balaban J connectivity index is 2.03. The Labute approximate surface area is 91.0 Å². The van der Waals surface area contributed by atoms with Crippen LogP contribution in [0.4, 0.5) is 0 Å². The zero-order chi connectivity index (χ0) is 11.1. The minimum atomic E-state index is -1.23. The van der Waals surface area contributed by atoms with Crippen LogP contribution in [0.1, 0.15) is 5.69 Å². The second kappa shape index (κ2) is 6.07. The average Bonchev–Trinajstić information content (AvgIpc) is 2.69. The van der Waals surface area contributed by atoms with Gasteiger partial charge in [-0.1, -0.05) is 0 Å². The number of hydrogen-bond donors (Lipinski definition) is 4. The fourth-order valence-electron chi connectivity index (χ4n) is 0.870. The topological polar surface area (TPSA) is 102 Å². The third-order valence-corrected chi connectivity index (χ3v) is 2.56. The van der Waals surface area contributed by atoms with Crippen molar-refractivity contribution in [3.8, 4) is 0 Å². The van der Waals surface area contributed by atoms with Gasteiger partial charge in [0.05, 0.1) is 12.0 Å². The van der Waals surface area contributed by atoms with E-state index in [0.29, 0.717) is 6.54 Å². The molecule has 0 atom stereocenters. The number of aliphatic carboxylic acids is 1. The van der Waals surface area contributed by atoms with Gasteiger partial charge in [0.15, 0.2) is 0 Å². The summed E-state index contributed by atoms with van der Waals surface area (Å²) in [5, 5.41) is 17.9. The first-order valence-electron chi connectivity index (χ1n) is 4.31. The van der Waals surface area contributed by atoms with E-state index in [0.717, 1.165) is 17.2 Å². The van der Waals surface area contributed by atoms with Crippen LogP contribution in [0.3, 0.4) is 0 Å². The maximum atomic E-state index is 10.2. The highest BCUT2D eigenvalue weighted by molar-refractivity contribution is 7.98. The number of rotatable bonds is 5. The van der Waals surface area contributed by atoms with Gasteiger partial charge in [-0.05, 0) is 0 Å². The number of amidine groups is 1. The molecule has 15 heavy (non-hydrogen) atoms. The molecule has 0 unspecified atom stereocenters. The summed E-state index contributed by atoms with van der Waals surface area (Å²) in [4.78, 5) is 17.1. The van der Waals surface area contributed by atoms with Crippen molar-refractivity contribution in [2.45, 2.75) is 5.75 Å². The predicted molar refractivity (Wildman–Crippen MR) is 58.1 cm³/mol. The Morgan fingerprint density at radius 2 is 2.53 bits per heavy atom. The number of carbonyl (C=O) groups is 1. The van der Waals surface area contributed by atoms with Gasteiger partial charge in [-0.15, -0.1) is 0 Å². The zero-order valence-corrected chi connectivity index (χ0v) is 8.80. The molecule has 1 aromatic rings. The van der Waals surface area contributed by atoms with Crippen molar-refractivity contribution >= 4 is 23.6 Å². The van der Waals surface area contributed by atoms with E-state index in [-0.39, 0.29) is 0 Å². The van der Waals surface area contributed by atoms with E-state index in [4.69, 9.17) is 10.5 Å². The maximum absolute atomic E-state index is 10.2. The van der Waals surface area contributed by atoms with Gasteiger partial charge in [0.2, 0.25) is 5.84 Å². The highest BCUT2D eigenvalue weighted by Gasteiger charge is 2.04. The summed E-state index contributed by atoms with van der Waals surface area (Å²) in [5.41, 5.74) is 0.966. The van der Waals surface area contributed by atoms with Crippen LogP contribution in [-0.2, 0) is 10.5 Å². The highest BCUT2D eigenvalue weighted by Crippen LogP contribution is 2.07. The molecule has 0 saturated carbocycles. The quantitative estimate of drug-likeness (QED) is 0.330. The van der Waals surface area contributed by atoms with E-state index in [1.807, 2.05) is 6.20 Å². The molecule has 0 spiro atoms. The SMILES string of the molecule is N=C(NCCSCc1c[nH]cn1)C(=O)O. The number of carboxylic acid groups (broad SMARTS) is 1. The summed E-state index contributed by atoms with van der Waals surface area (Å²) in [7, 11) is 0. The first-order chi connectivity index (χ1) is 7.20. The highest BCUT2D eigenvalue weighted by atomic mass is 32.2. The Morgan fingerprint density at radius 3 is 3.13 bits per heavy atom. The zero-order valence-electron chi connectivity index (χ0n) is 7.99. The van der Waals surface area contributed by atoms with Crippen molar-refractivity contribution in [3.05, 3.63) is 18.2 Å². The van der Waals surface area contributed by atoms with Crippen molar-refractivity contribution in [2.75, 3.05) is 12.3 Å². The van der Waals surface area contributed by atoms with Gasteiger partial charge >= 0.3 is 5.97 Å². The molecular formula is C8H12N4O2S. The first kappa shape index (κ1) is 11.6. The Hall–Kier alpha value is -1.50. The lowest BCUT2D eigenvalue weighted by molar-refractivity contribution is -0.129. The molecule has 82 valence electrons. The van der Waals surface area contributed by atoms with Crippen molar-refractivity contribution in [1.82, 2.24) is 15.3 Å². The van der Waals surface area contributed by atoms with Crippen LogP contribution in [0.25, 0.3) is 0 Å². The number of thioether (sulfide) groups is 1. The number of nitrogens with zero attached hydrogens (tertiary/aromatic N) is 1. The summed E-state index contributed by atoms with van der Waals surface area (Å²) < 4.78 is 0. The van der Waals surface area contributed by atoms with Crippen LogP contribution < -0.4 is 5.32 Å². The Morgan fingerprint density at radius 1 is 1.73 bits per heavy atom. The van der Waals surface area contributed by atoms with E-state index in [2.05, 4.69) is 15.3 Å². The molecular weight excluding hydrogens is 216 g/mol. The third-order valence-electron chi connectivity index (χ3n) is 1.57. The van der Waals surface area contributed by atoms with E-state index in [9.17, 15) is 4.79 Å². The van der Waals surface area contributed by atoms with Crippen LogP contribution in [0.2, 0.25) is 0 Å². The largest absolute Gasteiger partial charge is 0.475 e. The molecule has 0 aliphatic carbocycles. The van der Waals surface area contributed by atoms with E-state index >= 15 is 0 Å². The molecule has 1 aromatic heterocycles. The normalized spacial score (nSPS) is 9.87. The van der Waals surface area contributed by atoms with Gasteiger partial charge in [-0.3, -0.25) is 5.41 Å². The van der Waals surface area contributed by atoms with E-state index < -0.39 is 11.8 Å². The first-order valence-corrected chi connectivity index (χ1v) is 5.46. The van der Waals surface area contributed by atoms with E-state index in [1.54, 1.807) is 18.1 Å². The molecule has 1 rings (SSSR count). The minimum Gasteiger partial charge on any atom is -0.475 e. The summed E-state index contributed by atoms with van der Waals surface area (Å²) in [6.07, 6.45) is 3.44. The molecule has 0 amide bonds. The molecule has 0 aliphatic heterocycles. The number of carboxylic acids is 1. The van der Waals surface area contributed by atoms with Crippen LogP contribution >= 0.6 is 11.8 Å². The Bertz CT molecular complexity index is 325. The second-order valence-corrected chi connectivity index (χ2v) is 3.83. The fraction of sp³-hybridized carbons (Fsp3) is 0.375. The van der Waals surface area contributed by atoms with Crippen molar-refractivity contribution in [1.29, 1.82) is 5.41 Å². The Kier molecular flexibility index (Phi) is 4.69. The van der Waals surface area contributed by atoms with Gasteiger partial charge in [0.1, 0.15) is 0 Å². The monoisotopic (exact) mass is 228 g/mol. The van der Waals surface area contributed by atoms with Gasteiger partial charge in [0, 0.05) is 24.2 Å². The summed E-state index contributed by atoms with van der Waals surface area (Å²) >= 11 is 1.63. The fourth-order valence-corrected chi connectivity index (χ4v) is 1.63. The minimum absolute atomic E-state index is 0.463. The summed E-state index contributed by atoms with van der Waals surface area (Å²) in [6.45, 7) is 0.472. The van der Waals surface area contributed by atoms with Gasteiger partial charge < -0.3 is 15.4 Å². The lowest BCUT2D eigenvalue weighted by Gasteiger charge is -2.02. The molecule has 0 aromatic carbocycles. The van der Waals surface area contributed by atoms with Gasteiger partial charge in [-0.25, -0.2) is 9.78 Å². The van der Waals surface area contributed by atoms with Gasteiger partial charge in [-0.2, -0.15) is 11.8 Å². The molecule has 0 radical (unpaired) electrons. The number of aromatic nitrogens is 2. The third kappa shape index (κ3) is 4.50. The van der Waals surface area contributed by atoms with Crippen molar-refractivity contribution in [2.24, 2.45) is 0 Å². The summed E-state index contributed by atoms with van der Waals surface area (Å²) in [6, 6.07) is 0. The van der Waals surface area contributed by atoms with E-state index in [1.165, 1.54) is 0 Å². The average molecular weight is 228 g/mol. The standard InChI is InChI=1S/C8H12N4O2S/c9-7(8(13)14)11-1-2-15-4-6-3-10-5-12-6/h3,5H,1-2,4H2,(H2,9,11)(H,10,12)(H,13,14). The molecule has 0 bridgehead atoms. The number of hydrogen-bond acceptors (Lipinski definition) is 4. The van der Waals surface area contributed by atoms with Crippen LogP contribution in [0, 0.1) is 5.41 Å².